The summed E-state index contributed by atoms with van der Waals surface area (Å²) in [5, 5.41) is 3.94. The first-order valence-electron chi connectivity index (χ1n) is 5.16. The van der Waals surface area contributed by atoms with Crippen molar-refractivity contribution < 1.29 is 0 Å². The van der Waals surface area contributed by atoms with Crippen molar-refractivity contribution >= 4 is 40.4 Å². The second-order valence-electron chi connectivity index (χ2n) is 3.56. The maximum atomic E-state index is 6.13. The van der Waals surface area contributed by atoms with E-state index in [9.17, 15) is 0 Å². The Balaban J connectivity index is 2.31. The van der Waals surface area contributed by atoms with Gasteiger partial charge in [0.1, 0.15) is 0 Å². The lowest BCUT2D eigenvalue weighted by atomic mass is 10.2. The largest absolute Gasteiger partial charge is 0.399 e. The highest BCUT2D eigenvalue weighted by Gasteiger charge is 2.04. The third kappa shape index (κ3) is 2.87. The van der Waals surface area contributed by atoms with Crippen LogP contribution < -0.4 is 11.1 Å². The van der Waals surface area contributed by atoms with Crippen LogP contribution in [0, 0.1) is 0 Å². The Morgan fingerprint density at radius 3 is 2.59 bits per heavy atom. The van der Waals surface area contributed by atoms with Gasteiger partial charge in [0.15, 0.2) is 0 Å². The first kappa shape index (κ1) is 12.1. The highest BCUT2D eigenvalue weighted by molar-refractivity contribution is 7.98. The minimum Gasteiger partial charge on any atom is -0.399 e. The minimum absolute atomic E-state index is 0.626. The zero-order chi connectivity index (χ0) is 12.3. The Kier molecular flexibility index (Phi) is 3.82. The predicted octanol–water partition coefficient (Wildman–Crippen LogP) is 4.39. The van der Waals surface area contributed by atoms with Gasteiger partial charge in [-0.3, -0.25) is 0 Å². The summed E-state index contributed by atoms with van der Waals surface area (Å²) < 4.78 is 0. The first-order chi connectivity index (χ1) is 8.20. The van der Waals surface area contributed by atoms with E-state index in [1.165, 1.54) is 4.90 Å². The van der Waals surface area contributed by atoms with E-state index in [0.29, 0.717) is 10.7 Å². The van der Waals surface area contributed by atoms with Gasteiger partial charge in [-0.15, -0.1) is 11.8 Å². The summed E-state index contributed by atoms with van der Waals surface area (Å²) in [5.74, 6) is 0. The minimum atomic E-state index is 0.626. The molecule has 0 aromatic heterocycles. The summed E-state index contributed by atoms with van der Waals surface area (Å²) in [5.41, 5.74) is 8.24. The molecule has 4 heteroatoms. The second-order valence-corrected chi connectivity index (χ2v) is 4.82. The molecule has 17 heavy (non-hydrogen) atoms. The molecule has 2 aromatic rings. The average molecular weight is 265 g/mol. The van der Waals surface area contributed by atoms with Crippen LogP contribution in [0.15, 0.2) is 47.4 Å². The summed E-state index contributed by atoms with van der Waals surface area (Å²) in [6.45, 7) is 0. The molecule has 0 heterocycles. The molecule has 0 aliphatic carbocycles. The maximum absolute atomic E-state index is 6.13. The Hall–Kier alpha value is -1.32. The van der Waals surface area contributed by atoms with Crippen molar-refractivity contribution in [2.24, 2.45) is 0 Å². The highest BCUT2D eigenvalue weighted by Crippen LogP contribution is 2.31. The van der Waals surface area contributed by atoms with Crippen LogP contribution in [-0.4, -0.2) is 6.26 Å². The molecular weight excluding hydrogens is 252 g/mol. The summed E-state index contributed by atoms with van der Waals surface area (Å²) in [6, 6.07) is 13.6. The normalized spacial score (nSPS) is 10.2. The molecule has 0 spiro atoms. The van der Waals surface area contributed by atoms with Gasteiger partial charge >= 0.3 is 0 Å². The SMILES string of the molecule is CSc1ccccc1Nc1ccc(N)cc1Cl. The van der Waals surface area contributed by atoms with Crippen LogP contribution in [0.4, 0.5) is 17.1 Å². The third-order valence-corrected chi connectivity index (χ3v) is 3.48. The number of nitrogens with two attached hydrogens (primary N) is 1. The maximum Gasteiger partial charge on any atom is 0.0661 e. The Morgan fingerprint density at radius 1 is 1.12 bits per heavy atom. The third-order valence-electron chi connectivity index (χ3n) is 2.37. The average Bonchev–Trinajstić information content (AvgIpc) is 2.33. The number of hydrogen-bond acceptors (Lipinski definition) is 3. The first-order valence-corrected chi connectivity index (χ1v) is 6.76. The standard InChI is InChI=1S/C13H13ClN2S/c1-17-13-5-3-2-4-12(13)16-11-7-6-9(15)8-10(11)14/h2-8,16H,15H2,1H3. The number of benzene rings is 2. The number of nitrogens with one attached hydrogen (secondary N) is 1. The fourth-order valence-electron chi connectivity index (χ4n) is 1.53. The number of hydrogen-bond donors (Lipinski definition) is 2. The molecule has 0 aliphatic heterocycles. The zero-order valence-electron chi connectivity index (χ0n) is 9.41. The van der Waals surface area contributed by atoms with E-state index in [4.69, 9.17) is 17.3 Å². The van der Waals surface area contributed by atoms with E-state index in [1.807, 2.05) is 36.6 Å². The molecule has 0 unspecified atom stereocenters. The van der Waals surface area contributed by atoms with Crippen molar-refractivity contribution in [2.75, 3.05) is 17.3 Å². The van der Waals surface area contributed by atoms with Gasteiger partial charge in [-0.2, -0.15) is 0 Å². The van der Waals surface area contributed by atoms with Crippen LogP contribution in [0.3, 0.4) is 0 Å². The van der Waals surface area contributed by atoms with E-state index >= 15 is 0 Å². The summed E-state index contributed by atoms with van der Waals surface area (Å²) in [7, 11) is 0. The lowest BCUT2D eigenvalue weighted by Crippen LogP contribution is -1.94. The molecule has 0 radical (unpaired) electrons. The number of para-hydroxylation sites is 1. The summed E-state index contributed by atoms with van der Waals surface area (Å²) in [6.07, 6.45) is 2.05. The van der Waals surface area contributed by atoms with E-state index in [1.54, 1.807) is 17.8 Å². The smallest absolute Gasteiger partial charge is 0.0661 e. The van der Waals surface area contributed by atoms with Crippen molar-refractivity contribution in [1.82, 2.24) is 0 Å². The number of nitrogen functional groups attached to an aromatic ring is 1. The second kappa shape index (κ2) is 5.34. The monoisotopic (exact) mass is 264 g/mol. The van der Waals surface area contributed by atoms with Crippen LogP contribution in [0.25, 0.3) is 0 Å². The Morgan fingerprint density at radius 2 is 1.88 bits per heavy atom. The van der Waals surface area contributed by atoms with Gasteiger partial charge in [-0.1, -0.05) is 23.7 Å². The quantitative estimate of drug-likeness (QED) is 0.638. The van der Waals surface area contributed by atoms with Gasteiger partial charge < -0.3 is 11.1 Å². The number of thioether (sulfide) groups is 1. The molecule has 3 N–H and O–H groups in total. The van der Waals surface area contributed by atoms with Crippen LogP contribution in [-0.2, 0) is 0 Å². The van der Waals surface area contributed by atoms with E-state index < -0.39 is 0 Å². The highest BCUT2D eigenvalue weighted by atomic mass is 35.5. The molecule has 0 saturated carbocycles. The molecule has 0 bridgehead atoms. The van der Waals surface area contributed by atoms with Gasteiger partial charge in [0.25, 0.3) is 0 Å². The Bertz CT molecular complexity index is 529. The molecule has 0 amide bonds. The molecule has 0 atom stereocenters. The predicted molar refractivity (Wildman–Crippen MR) is 77.4 cm³/mol. The van der Waals surface area contributed by atoms with Crippen molar-refractivity contribution in [3.63, 3.8) is 0 Å². The molecular formula is C13H13ClN2S. The molecule has 0 aliphatic rings. The number of halogens is 1. The molecule has 88 valence electrons. The van der Waals surface area contributed by atoms with Crippen molar-refractivity contribution in [3.8, 4) is 0 Å². The van der Waals surface area contributed by atoms with Crippen LogP contribution in [0.1, 0.15) is 0 Å². The molecule has 0 fully saturated rings. The summed E-state index contributed by atoms with van der Waals surface area (Å²) >= 11 is 7.82. The van der Waals surface area contributed by atoms with Gasteiger partial charge in [0.2, 0.25) is 0 Å². The fraction of sp³-hybridized carbons (Fsp3) is 0.0769. The molecule has 2 rings (SSSR count). The number of rotatable bonds is 3. The topological polar surface area (TPSA) is 38.0 Å². The van der Waals surface area contributed by atoms with Crippen LogP contribution in [0.2, 0.25) is 5.02 Å². The van der Waals surface area contributed by atoms with Gasteiger partial charge in [0.05, 0.1) is 16.4 Å². The van der Waals surface area contributed by atoms with Crippen LogP contribution >= 0.6 is 23.4 Å². The van der Waals surface area contributed by atoms with Gasteiger partial charge in [0, 0.05) is 10.6 Å². The molecule has 2 nitrogen and oxygen atoms in total. The van der Waals surface area contributed by atoms with Gasteiger partial charge in [-0.05, 0) is 36.6 Å². The zero-order valence-corrected chi connectivity index (χ0v) is 11.0. The van der Waals surface area contributed by atoms with E-state index in [-0.39, 0.29) is 0 Å². The van der Waals surface area contributed by atoms with Crippen molar-refractivity contribution in [3.05, 3.63) is 47.5 Å². The van der Waals surface area contributed by atoms with Crippen molar-refractivity contribution in [1.29, 1.82) is 0 Å². The lowest BCUT2D eigenvalue weighted by molar-refractivity contribution is 1.42. The lowest BCUT2D eigenvalue weighted by Gasteiger charge is -2.12. The number of anilines is 3. The van der Waals surface area contributed by atoms with Crippen molar-refractivity contribution in [2.45, 2.75) is 4.90 Å². The van der Waals surface area contributed by atoms with Gasteiger partial charge in [-0.25, -0.2) is 0 Å². The summed E-state index contributed by atoms with van der Waals surface area (Å²) in [4.78, 5) is 1.18. The molecule has 0 saturated heterocycles. The van der Waals surface area contributed by atoms with Crippen LogP contribution in [0.5, 0.6) is 0 Å². The molecule has 2 aromatic carbocycles. The Labute approximate surface area is 110 Å². The van der Waals surface area contributed by atoms with E-state index in [2.05, 4.69) is 11.4 Å². The fourth-order valence-corrected chi connectivity index (χ4v) is 2.32. The van der Waals surface area contributed by atoms with E-state index in [0.717, 1.165) is 11.4 Å².